The molecule has 13 nitrogen and oxygen atoms in total. The highest BCUT2D eigenvalue weighted by molar-refractivity contribution is 5.89. The summed E-state index contributed by atoms with van der Waals surface area (Å²) in [7, 11) is 1.51. The topological polar surface area (TPSA) is 169 Å². The lowest BCUT2D eigenvalue weighted by molar-refractivity contribution is -0.332. The number of hydrogen-bond donors (Lipinski definition) is 3. The lowest BCUT2D eigenvalue weighted by Crippen LogP contribution is -2.67. The SMILES string of the molecule is C=CCO[C@H]1CC[C@]2(C)[C@H]3CC[C@@H]4[C@H]5[C@H](C(=C)C)CC[C@]5(CO[C@@H]5OC[C@H](O[C@H]6OC[C@H](O)[C@@H](O)[C@@H]6OC(=O)c6ccc(OC)cc6)[C@H](O)[C@H]5OC(C)=O)CC[C@@]4(C)[C@]3(C)CC[C@H]2C1(C)C. The zero-order valence-electron chi connectivity index (χ0n) is 40.7. The van der Waals surface area contributed by atoms with Crippen molar-refractivity contribution in [1.82, 2.24) is 0 Å². The lowest BCUT2D eigenvalue weighted by Gasteiger charge is -2.73. The summed E-state index contributed by atoms with van der Waals surface area (Å²) in [5.41, 5.74) is 1.87. The molecule has 8 rings (SSSR count). The Hall–Kier alpha value is -2.88. The molecule has 5 saturated carbocycles. The summed E-state index contributed by atoms with van der Waals surface area (Å²) < 4.78 is 48.0. The maximum Gasteiger partial charge on any atom is 0.338 e. The van der Waals surface area contributed by atoms with Gasteiger partial charge in [0, 0.05) is 6.92 Å². The summed E-state index contributed by atoms with van der Waals surface area (Å²) >= 11 is 0. The molecule has 7 fully saturated rings. The van der Waals surface area contributed by atoms with Gasteiger partial charge in [0.1, 0.15) is 30.2 Å². The van der Waals surface area contributed by atoms with E-state index < -0.39 is 61.1 Å². The van der Waals surface area contributed by atoms with Crippen molar-refractivity contribution in [2.45, 2.75) is 168 Å². The average Bonchev–Trinajstić information content (AvgIpc) is 3.67. The number of carbonyl (C=O) groups is 2. The molecule has 3 N–H and O–H groups in total. The van der Waals surface area contributed by atoms with Crippen molar-refractivity contribution < 1.29 is 62.8 Å². The fraction of sp³-hybridized carbons (Fsp3) is 0.774. The van der Waals surface area contributed by atoms with Crippen LogP contribution < -0.4 is 4.74 Å². The van der Waals surface area contributed by atoms with Gasteiger partial charge in [-0.2, -0.15) is 0 Å². The van der Waals surface area contributed by atoms with E-state index in [2.05, 4.69) is 54.7 Å². The summed E-state index contributed by atoms with van der Waals surface area (Å²) in [6, 6.07) is 6.21. The van der Waals surface area contributed by atoms with Crippen molar-refractivity contribution in [2.24, 2.45) is 56.7 Å². The molecule has 66 heavy (non-hydrogen) atoms. The van der Waals surface area contributed by atoms with Crippen LogP contribution in [0.4, 0.5) is 0 Å². The number of fused-ring (bicyclic) bond motifs is 7. The van der Waals surface area contributed by atoms with Crippen LogP contribution in [0.1, 0.15) is 123 Å². The van der Waals surface area contributed by atoms with Crippen molar-refractivity contribution in [2.75, 3.05) is 33.5 Å². The number of ether oxygens (including phenoxy) is 8. The Morgan fingerprint density at radius 1 is 0.788 bits per heavy atom. The highest BCUT2D eigenvalue weighted by Crippen LogP contribution is 2.77. The number of allylic oxidation sites excluding steroid dienone is 1. The Morgan fingerprint density at radius 2 is 1.50 bits per heavy atom. The van der Waals surface area contributed by atoms with Crippen molar-refractivity contribution in [3.05, 3.63) is 54.6 Å². The number of benzene rings is 1. The van der Waals surface area contributed by atoms with E-state index in [1.807, 2.05) is 6.08 Å². The van der Waals surface area contributed by atoms with E-state index in [-0.39, 0.29) is 52.0 Å². The van der Waals surface area contributed by atoms with E-state index >= 15 is 0 Å². The monoisotopic (exact) mass is 923 g/mol. The molecule has 18 atom stereocenters. The van der Waals surface area contributed by atoms with Gasteiger partial charge < -0.3 is 53.2 Å². The Bertz CT molecular complexity index is 1940. The van der Waals surface area contributed by atoms with Crippen LogP contribution in [0.3, 0.4) is 0 Å². The van der Waals surface area contributed by atoms with Crippen LogP contribution in [-0.4, -0.2) is 116 Å². The van der Waals surface area contributed by atoms with Crippen molar-refractivity contribution in [3.8, 4) is 5.75 Å². The minimum Gasteiger partial charge on any atom is -0.497 e. The number of hydrogen-bond acceptors (Lipinski definition) is 13. The van der Waals surface area contributed by atoms with Crippen LogP contribution in [0.25, 0.3) is 0 Å². The van der Waals surface area contributed by atoms with E-state index in [0.29, 0.717) is 48.6 Å². The Kier molecular flexibility index (Phi) is 14.1. The first kappa shape index (κ1) is 49.5. The molecule has 2 heterocycles. The first-order valence-electron chi connectivity index (χ1n) is 24.7. The fourth-order valence-electron chi connectivity index (χ4n) is 15.7. The molecule has 0 bridgehead atoms. The average molecular weight is 923 g/mol. The number of esters is 2. The standard InChI is InChI=1S/C53H78O13/c1-11-26-60-40-20-21-50(7)38(49(40,5)6)19-22-52(9)39(50)17-16-35-41-34(30(2)3)18-23-53(41,25-24-51(35,52)8)29-63-47-45(64-31(4)54)43(57)37(28-62-47)65-48-44(42(56)36(55)27-61-48)66-46(58)32-12-14-33(59-10)15-13-32/h11-15,34-45,47-48,55-57H,1-2,16-29H2,3-10H3/t34-,35+,36-,37-,38-,39+,40-,41+,42+,43-,44-,45+,47-,48+,50-,51+,52+,53+/m0/s1. The molecule has 0 amide bonds. The van der Waals surface area contributed by atoms with Gasteiger partial charge in [-0.3, -0.25) is 4.79 Å². The molecular formula is C53H78O13. The molecule has 1 aromatic carbocycles. The van der Waals surface area contributed by atoms with E-state index in [0.717, 1.165) is 32.1 Å². The van der Waals surface area contributed by atoms with Crippen LogP contribution >= 0.6 is 0 Å². The van der Waals surface area contributed by atoms with Gasteiger partial charge in [0.2, 0.25) is 0 Å². The minimum absolute atomic E-state index is 0.0842. The van der Waals surface area contributed by atoms with E-state index in [1.165, 1.54) is 63.8 Å². The van der Waals surface area contributed by atoms with Gasteiger partial charge in [0.15, 0.2) is 24.8 Å². The van der Waals surface area contributed by atoms with Gasteiger partial charge >= 0.3 is 11.9 Å². The predicted molar refractivity (Wildman–Crippen MR) is 245 cm³/mol. The summed E-state index contributed by atoms with van der Waals surface area (Å²) in [6.07, 6.45) is 2.65. The van der Waals surface area contributed by atoms with Crippen molar-refractivity contribution >= 4 is 11.9 Å². The predicted octanol–water partition coefficient (Wildman–Crippen LogP) is 7.58. The number of carbonyl (C=O) groups excluding carboxylic acids is 2. The van der Waals surface area contributed by atoms with E-state index in [1.54, 1.807) is 12.1 Å². The third kappa shape index (κ3) is 8.41. The molecule has 0 unspecified atom stereocenters. The number of aliphatic hydroxyl groups excluding tert-OH is 3. The van der Waals surface area contributed by atoms with Crippen molar-refractivity contribution in [3.63, 3.8) is 0 Å². The largest absolute Gasteiger partial charge is 0.497 e. The van der Waals surface area contributed by atoms with Gasteiger partial charge in [0.25, 0.3) is 0 Å². The highest BCUT2D eigenvalue weighted by atomic mass is 16.7. The number of rotatable bonds is 13. The molecule has 2 saturated heterocycles. The Morgan fingerprint density at radius 3 is 2.18 bits per heavy atom. The summed E-state index contributed by atoms with van der Waals surface area (Å²) in [4.78, 5) is 25.8. The fourth-order valence-corrected chi connectivity index (χ4v) is 15.7. The molecule has 1 aromatic rings. The third-order valence-corrected chi connectivity index (χ3v) is 19.1. The van der Waals surface area contributed by atoms with Crippen LogP contribution in [0, 0.1) is 56.7 Å². The first-order valence-corrected chi connectivity index (χ1v) is 24.7. The minimum atomic E-state index is -1.56. The van der Waals surface area contributed by atoms with Gasteiger partial charge in [-0.05, 0) is 152 Å². The van der Waals surface area contributed by atoms with E-state index in [9.17, 15) is 24.9 Å². The van der Waals surface area contributed by atoms with Gasteiger partial charge in [0.05, 0.1) is 45.2 Å². The van der Waals surface area contributed by atoms with Gasteiger partial charge in [-0.15, -0.1) is 6.58 Å². The second-order valence-corrected chi connectivity index (χ2v) is 22.6. The molecule has 0 spiro atoms. The van der Waals surface area contributed by atoms with Crippen LogP contribution in [0.5, 0.6) is 5.75 Å². The number of methoxy groups -OCH3 is 1. The zero-order valence-corrected chi connectivity index (χ0v) is 40.7. The molecular weight excluding hydrogens is 845 g/mol. The van der Waals surface area contributed by atoms with Gasteiger partial charge in [-0.25, -0.2) is 4.79 Å². The summed E-state index contributed by atoms with van der Waals surface area (Å²) in [5.74, 6) is 1.54. The molecule has 0 aromatic heterocycles. The third-order valence-electron chi connectivity index (χ3n) is 19.1. The lowest BCUT2D eigenvalue weighted by atomic mass is 9.32. The number of aliphatic hydroxyl groups is 3. The van der Waals surface area contributed by atoms with E-state index in [4.69, 9.17) is 37.9 Å². The second-order valence-electron chi connectivity index (χ2n) is 22.6. The molecule has 5 aliphatic carbocycles. The summed E-state index contributed by atoms with van der Waals surface area (Å²) in [5, 5.41) is 33.3. The van der Waals surface area contributed by atoms with Crippen LogP contribution in [0.2, 0.25) is 0 Å². The van der Waals surface area contributed by atoms with Crippen LogP contribution in [-0.2, 0) is 38.0 Å². The molecule has 2 aliphatic heterocycles. The normalized spacial score (nSPS) is 45.0. The molecule has 0 radical (unpaired) electrons. The molecule has 368 valence electrons. The first-order chi connectivity index (χ1) is 31.2. The van der Waals surface area contributed by atoms with Gasteiger partial charge in [-0.1, -0.05) is 52.8 Å². The molecule has 7 aliphatic rings. The smallest absolute Gasteiger partial charge is 0.338 e. The Balaban J connectivity index is 0.981. The zero-order chi connectivity index (χ0) is 47.6. The van der Waals surface area contributed by atoms with Crippen LogP contribution in [0.15, 0.2) is 49.1 Å². The Labute approximate surface area is 392 Å². The maximum absolute atomic E-state index is 13.2. The summed E-state index contributed by atoms with van der Waals surface area (Å²) in [6.45, 7) is 25.3. The highest BCUT2D eigenvalue weighted by Gasteiger charge is 2.71. The molecule has 13 heteroatoms. The maximum atomic E-state index is 13.2. The second kappa shape index (κ2) is 18.8. The van der Waals surface area contributed by atoms with Crippen molar-refractivity contribution in [1.29, 1.82) is 0 Å². The quantitative estimate of drug-likeness (QED) is 0.131.